The summed E-state index contributed by atoms with van der Waals surface area (Å²) in [5, 5.41) is 0. The summed E-state index contributed by atoms with van der Waals surface area (Å²) in [6.45, 7) is 8.06. The molecule has 1 nitrogen and oxygen atoms in total. The van der Waals surface area contributed by atoms with Crippen molar-refractivity contribution in [2.45, 2.75) is 20.8 Å². The van der Waals surface area contributed by atoms with Crippen molar-refractivity contribution in [3.63, 3.8) is 0 Å². The maximum atomic E-state index is 12.0. The molecule has 0 bridgehead atoms. The summed E-state index contributed by atoms with van der Waals surface area (Å²) in [6.07, 6.45) is 0. The Bertz CT molecular complexity index is 701. The summed E-state index contributed by atoms with van der Waals surface area (Å²) in [6, 6.07) is 2.05. The molecule has 0 aliphatic heterocycles. The topological polar surface area (TPSA) is 9.23 Å². The Labute approximate surface area is 176 Å². The maximum Gasteiger partial charge on any atom is 2.00 e. The van der Waals surface area contributed by atoms with E-state index in [1.54, 1.807) is 0 Å². The van der Waals surface area contributed by atoms with Gasteiger partial charge in [-0.05, 0) is 12.8 Å². The van der Waals surface area contributed by atoms with E-state index in [0.29, 0.717) is 5.92 Å². The van der Waals surface area contributed by atoms with E-state index in [1.807, 2.05) is 6.92 Å². The minimum atomic E-state index is -2.17. The second kappa shape index (κ2) is 14.2. The molecule has 0 saturated carbocycles. The van der Waals surface area contributed by atoms with Crippen LogP contribution in [0.25, 0.3) is 0 Å². The van der Waals surface area contributed by atoms with E-state index in [1.165, 1.54) is 0 Å². The quantitative estimate of drug-likeness (QED) is 0.166. The number of halogens is 10. The van der Waals surface area contributed by atoms with Crippen molar-refractivity contribution in [3.8, 4) is 0 Å². The number of hydrogen-bond acceptors (Lipinski definition) is 1. The standard InChI is InChI=1S/2C6F5.C6H14O.Ni/c2*7-2-1-3(8)5(10)6(11)4(2)9;1-4-7-5-6(2)3;/h;;6H,4-5H2,1-3H3;/q2*-1;;+2. The Morgan fingerprint density at radius 2 is 0.867 bits per heavy atom. The normalized spacial score (nSPS) is 9.93. The fourth-order valence-electron chi connectivity index (χ4n) is 1.34. The van der Waals surface area contributed by atoms with E-state index >= 15 is 0 Å². The van der Waals surface area contributed by atoms with Gasteiger partial charge in [-0.25, -0.2) is 26.3 Å². The van der Waals surface area contributed by atoms with Crippen LogP contribution in [0.15, 0.2) is 0 Å². The van der Waals surface area contributed by atoms with Crippen LogP contribution in [-0.4, -0.2) is 13.2 Å². The fourth-order valence-corrected chi connectivity index (χ4v) is 1.34. The minimum Gasteiger partial charge on any atom is -0.381 e. The predicted octanol–water partition coefficient (Wildman–Crippen LogP) is 6.04. The van der Waals surface area contributed by atoms with Crippen LogP contribution < -0.4 is 0 Å². The van der Waals surface area contributed by atoms with E-state index in [9.17, 15) is 43.9 Å². The summed E-state index contributed by atoms with van der Waals surface area (Å²) >= 11 is 0. The summed E-state index contributed by atoms with van der Waals surface area (Å²) in [7, 11) is 0. The second-order valence-electron chi connectivity index (χ2n) is 5.44. The molecule has 12 heteroatoms. The summed E-state index contributed by atoms with van der Waals surface area (Å²) in [5.74, 6) is -19.4. The Hall–Kier alpha value is -1.81. The van der Waals surface area contributed by atoms with E-state index in [2.05, 4.69) is 13.8 Å². The van der Waals surface area contributed by atoms with E-state index < -0.39 is 58.2 Å². The van der Waals surface area contributed by atoms with Crippen molar-refractivity contribution in [1.82, 2.24) is 0 Å². The van der Waals surface area contributed by atoms with E-state index in [4.69, 9.17) is 4.74 Å². The SMILES string of the molecule is CCOCC(C)C.Fc1[c-]c(F)c(F)c(F)c1F.Fc1[c-]c(F)c(F)c(F)c1F.[Ni+2]. The third kappa shape index (κ3) is 9.34. The van der Waals surface area contributed by atoms with Crippen LogP contribution in [0, 0.1) is 76.2 Å². The molecule has 172 valence electrons. The van der Waals surface area contributed by atoms with Crippen LogP contribution in [0.4, 0.5) is 43.9 Å². The van der Waals surface area contributed by atoms with Gasteiger partial charge in [0, 0.05) is 13.2 Å². The largest absolute Gasteiger partial charge is 2.00 e. The van der Waals surface area contributed by atoms with Gasteiger partial charge in [0.1, 0.15) is 0 Å². The zero-order valence-electron chi connectivity index (χ0n) is 15.5. The van der Waals surface area contributed by atoms with Gasteiger partial charge < -0.3 is 4.74 Å². The smallest absolute Gasteiger partial charge is 0.381 e. The number of benzene rings is 2. The van der Waals surface area contributed by atoms with Crippen molar-refractivity contribution in [2.75, 3.05) is 13.2 Å². The van der Waals surface area contributed by atoms with Gasteiger partial charge in [-0.1, -0.05) is 13.8 Å². The number of hydrogen-bond donors (Lipinski definition) is 0. The molecule has 0 aliphatic rings. The van der Waals surface area contributed by atoms with Gasteiger partial charge in [0.25, 0.3) is 0 Å². The van der Waals surface area contributed by atoms with Crippen molar-refractivity contribution in [2.24, 2.45) is 5.92 Å². The molecule has 0 amide bonds. The van der Waals surface area contributed by atoms with Gasteiger partial charge in [-0.2, -0.15) is 0 Å². The van der Waals surface area contributed by atoms with Crippen molar-refractivity contribution in [3.05, 3.63) is 70.3 Å². The van der Waals surface area contributed by atoms with Crippen molar-refractivity contribution >= 4 is 0 Å². The first-order valence-electron chi connectivity index (χ1n) is 7.74. The van der Waals surface area contributed by atoms with Crippen LogP contribution in [0.1, 0.15) is 20.8 Å². The third-order valence-corrected chi connectivity index (χ3v) is 2.64. The molecule has 0 saturated heterocycles. The zero-order chi connectivity index (χ0) is 22.9. The minimum absolute atomic E-state index is 0. The number of ether oxygens (including phenoxy) is 1. The van der Waals surface area contributed by atoms with Gasteiger partial charge >= 0.3 is 16.5 Å². The molecular weight excluding hydrogens is 481 g/mol. The molecule has 30 heavy (non-hydrogen) atoms. The van der Waals surface area contributed by atoms with E-state index in [0.717, 1.165) is 25.3 Å². The molecular formula is C18H14F10NiO. The zero-order valence-corrected chi connectivity index (χ0v) is 16.5. The van der Waals surface area contributed by atoms with Crippen molar-refractivity contribution < 1.29 is 65.1 Å². The molecule has 0 heterocycles. The average Bonchev–Trinajstić information content (AvgIpc) is 2.67. The van der Waals surface area contributed by atoms with Gasteiger partial charge in [0.15, 0.2) is 0 Å². The summed E-state index contributed by atoms with van der Waals surface area (Å²) in [5.41, 5.74) is 0. The van der Waals surface area contributed by atoms with Gasteiger partial charge in [-0.15, -0.1) is 12.1 Å². The number of rotatable bonds is 3. The molecule has 0 aliphatic carbocycles. The van der Waals surface area contributed by atoms with Gasteiger partial charge in [-0.3, -0.25) is 17.6 Å². The molecule has 0 unspecified atom stereocenters. The molecule has 2 aromatic rings. The summed E-state index contributed by atoms with van der Waals surface area (Å²) < 4.78 is 125. The molecule has 0 fully saturated rings. The van der Waals surface area contributed by atoms with Gasteiger partial charge in [0.05, 0.1) is 58.2 Å². The Kier molecular flexibility index (Phi) is 14.4. The Balaban J connectivity index is 0. The fraction of sp³-hybridized carbons (Fsp3) is 0.333. The first kappa shape index (κ1) is 30.4. The van der Waals surface area contributed by atoms with Gasteiger partial charge in [0.2, 0.25) is 0 Å². The Morgan fingerprint density at radius 1 is 0.600 bits per heavy atom. The third-order valence-electron chi connectivity index (χ3n) is 2.64. The van der Waals surface area contributed by atoms with Crippen molar-refractivity contribution in [1.29, 1.82) is 0 Å². The van der Waals surface area contributed by atoms with Crippen LogP contribution >= 0.6 is 0 Å². The monoisotopic (exact) mass is 494 g/mol. The molecule has 2 aromatic carbocycles. The molecule has 0 atom stereocenters. The first-order chi connectivity index (χ1) is 13.3. The first-order valence-corrected chi connectivity index (χ1v) is 7.74. The Morgan fingerprint density at radius 3 is 1.03 bits per heavy atom. The maximum absolute atomic E-state index is 12.0. The second-order valence-corrected chi connectivity index (χ2v) is 5.44. The molecule has 0 aromatic heterocycles. The van der Waals surface area contributed by atoms with E-state index in [-0.39, 0.29) is 16.5 Å². The average molecular weight is 495 g/mol. The summed E-state index contributed by atoms with van der Waals surface area (Å²) in [4.78, 5) is 0. The predicted molar refractivity (Wildman–Crippen MR) is 81.5 cm³/mol. The molecule has 0 N–H and O–H groups in total. The molecule has 2 rings (SSSR count). The molecule has 0 radical (unpaired) electrons. The molecule has 0 spiro atoms. The van der Waals surface area contributed by atoms with Crippen LogP contribution in [-0.2, 0) is 21.2 Å². The van der Waals surface area contributed by atoms with Crippen LogP contribution in [0.2, 0.25) is 0 Å². The van der Waals surface area contributed by atoms with Crippen LogP contribution in [0.5, 0.6) is 0 Å². The van der Waals surface area contributed by atoms with Crippen LogP contribution in [0.3, 0.4) is 0 Å².